The van der Waals surface area contributed by atoms with E-state index in [0.29, 0.717) is 12.2 Å². The summed E-state index contributed by atoms with van der Waals surface area (Å²) in [5.41, 5.74) is 9.37. The minimum absolute atomic E-state index is 0.218. The summed E-state index contributed by atoms with van der Waals surface area (Å²) in [5, 5.41) is 0.997. The Bertz CT molecular complexity index is 786. The molecule has 0 aliphatic carbocycles. The first kappa shape index (κ1) is 13.4. The maximum atomic E-state index is 13.3. The van der Waals surface area contributed by atoms with Gasteiger partial charge in [0.05, 0.1) is 11.2 Å². The molecule has 0 bridgehead atoms. The van der Waals surface area contributed by atoms with Gasteiger partial charge in [0, 0.05) is 30.9 Å². The van der Waals surface area contributed by atoms with Crippen molar-refractivity contribution in [1.82, 2.24) is 4.98 Å². The molecule has 0 amide bonds. The van der Waals surface area contributed by atoms with Crippen LogP contribution in [-0.2, 0) is 6.54 Å². The zero-order valence-corrected chi connectivity index (χ0v) is 11.8. The van der Waals surface area contributed by atoms with Gasteiger partial charge >= 0.3 is 0 Å². The predicted octanol–water partition coefficient (Wildman–Crippen LogP) is 3.59. The quantitative estimate of drug-likeness (QED) is 0.746. The smallest absolute Gasteiger partial charge is 0.123 e. The molecule has 0 atom stereocenters. The first-order chi connectivity index (χ1) is 10.1. The van der Waals surface area contributed by atoms with Gasteiger partial charge in [-0.2, -0.15) is 0 Å². The molecule has 0 saturated carbocycles. The van der Waals surface area contributed by atoms with Crippen LogP contribution < -0.4 is 10.6 Å². The predicted molar refractivity (Wildman–Crippen MR) is 84.7 cm³/mol. The van der Waals surface area contributed by atoms with E-state index in [4.69, 9.17) is 5.73 Å². The number of pyridine rings is 1. The SMILES string of the molecule is CN(Cc1cccc(F)c1)c1ccc(N)c2ncccc12. The van der Waals surface area contributed by atoms with Gasteiger partial charge in [-0.3, -0.25) is 4.98 Å². The zero-order valence-electron chi connectivity index (χ0n) is 11.8. The molecular weight excluding hydrogens is 265 g/mol. The molecule has 3 rings (SSSR count). The van der Waals surface area contributed by atoms with E-state index in [-0.39, 0.29) is 5.82 Å². The average molecular weight is 281 g/mol. The normalized spacial score (nSPS) is 10.8. The number of rotatable bonds is 3. The van der Waals surface area contributed by atoms with Crippen LogP contribution in [0.15, 0.2) is 54.7 Å². The molecule has 0 spiro atoms. The van der Waals surface area contributed by atoms with Crippen LogP contribution in [0.25, 0.3) is 10.9 Å². The van der Waals surface area contributed by atoms with Crippen LogP contribution in [0.1, 0.15) is 5.56 Å². The lowest BCUT2D eigenvalue weighted by Gasteiger charge is -2.21. The Morgan fingerprint density at radius 2 is 2.00 bits per heavy atom. The third-order valence-corrected chi connectivity index (χ3v) is 3.50. The second kappa shape index (κ2) is 5.40. The molecule has 0 fully saturated rings. The van der Waals surface area contributed by atoms with Gasteiger partial charge < -0.3 is 10.6 Å². The number of hydrogen-bond acceptors (Lipinski definition) is 3. The van der Waals surface area contributed by atoms with E-state index in [1.807, 2.05) is 37.4 Å². The summed E-state index contributed by atoms with van der Waals surface area (Å²) in [6.45, 7) is 0.617. The number of benzene rings is 2. The van der Waals surface area contributed by atoms with Gasteiger partial charge in [0.15, 0.2) is 0 Å². The molecule has 2 N–H and O–H groups in total. The van der Waals surface area contributed by atoms with E-state index in [9.17, 15) is 4.39 Å². The van der Waals surface area contributed by atoms with E-state index in [0.717, 1.165) is 22.2 Å². The van der Waals surface area contributed by atoms with Crippen LogP contribution >= 0.6 is 0 Å². The zero-order chi connectivity index (χ0) is 14.8. The van der Waals surface area contributed by atoms with Crippen molar-refractivity contribution in [1.29, 1.82) is 0 Å². The summed E-state index contributed by atoms with van der Waals surface area (Å²) in [7, 11) is 1.98. The van der Waals surface area contributed by atoms with Crippen LogP contribution in [0.2, 0.25) is 0 Å². The van der Waals surface area contributed by atoms with Crippen LogP contribution in [0.4, 0.5) is 15.8 Å². The fourth-order valence-electron chi connectivity index (χ4n) is 2.51. The molecule has 3 aromatic rings. The number of halogens is 1. The number of nitrogen functional groups attached to an aromatic ring is 1. The minimum Gasteiger partial charge on any atom is -0.397 e. The highest BCUT2D eigenvalue weighted by Gasteiger charge is 2.09. The summed E-state index contributed by atoms with van der Waals surface area (Å²) < 4.78 is 13.3. The number of nitrogens with two attached hydrogens (primary N) is 1. The maximum Gasteiger partial charge on any atom is 0.123 e. The number of anilines is 2. The van der Waals surface area contributed by atoms with Crippen LogP contribution in [0.3, 0.4) is 0 Å². The van der Waals surface area contributed by atoms with Crippen molar-refractivity contribution in [3.63, 3.8) is 0 Å². The van der Waals surface area contributed by atoms with Crippen molar-refractivity contribution in [3.8, 4) is 0 Å². The Kier molecular flexibility index (Phi) is 3.44. The van der Waals surface area contributed by atoms with E-state index >= 15 is 0 Å². The molecular formula is C17H16FN3. The highest BCUT2D eigenvalue weighted by atomic mass is 19.1. The van der Waals surface area contributed by atoms with Crippen molar-refractivity contribution < 1.29 is 4.39 Å². The molecule has 0 unspecified atom stereocenters. The van der Waals surface area contributed by atoms with Crippen molar-refractivity contribution in [2.24, 2.45) is 0 Å². The van der Waals surface area contributed by atoms with Gasteiger partial charge in [0.25, 0.3) is 0 Å². The third-order valence-electron chi connectivity index (χ3n) is 3.50. The summed E-state index contributed by atoms with van der Waals surface area (Å²) >= 11 is 0. The molecule has 0 radical (unpaired) electrons. The Balaban J connectivity index is 1.98. The van der Waals surface area contributed by atoms with Gasteiger partial charge in [0.1, 0.15) is 5.82 Å². The first-order valence-electron chi connectivity index (χ1n) is 6.74. The van der Waals surface area contributed by atoms with Gasteiger partial charge in [-0.05, 0) is 42.0 Å². The lowest BCUT2D eigenvalue weighted by atomic mass is 10.1. The van der Waals surface area contributed by atoms with Gasteiger partial charge in [-0.15, -0.1) is 0 Å². The number of hydrogen-bond donors (Lipinski definition) is 1. The van der Waals surface area contributed by atoms with Crippen LogP contribution in [0, 0.1) is 5.82 Å². The minimum atomic E-state index is -0.218. The lowest BCUT2D eigenvalue weighted by molar-refractivity contribution is 0.625. The fourth-order valence-corrected chi connectivity index (χ4v) is 2.51. The monoisotopic (exact) mass is 281 g/mol. The summed E-state index contributed by atoms with van der Waals surface area (Å²) in [6, 6.07) is 14.3. The summed E-state index contributed by atoms with van der Waals surface area (Å²) in [5.74, 6) is -0.218. The topological polar surface area (TPSA) is 42.1 Å². The van der Waals surface area contributed by atoms with Crippen molar-refractivity contribution in [2.75, 3.05) is 17.7 Å². The first-order valence-corrected chi connectivity index (χ1v) is 6.74. The second-order valence-corrected chi connectivity index (χ2v) is 5.06. The van der Waals surface area contributed by atoms with Crippen molar-refractivity contribution in [2.45, 2.75) is 6.54 Å². The number of nitrogens with zero attached hydrogens (tertiary/aromatic N) is 2. The van der Waals surface area contributed by atoms with Gasteiger partial charge in [-0.1, -0.05) is 12.1 Å². The van der Waals surface area contributed by atoms with Crippen LogP contribution in [0.5, 0.6) is 0 Å². The lowest BCUT2D eigenvalue weighted by Crippen LogP contribution is -2.17. The fraction of sp³-hybridized carbons (Fsp3) is 0.118. The maximum absolute atomic E-state index is 13.3. The standard InChI is InChI=1S/C17H16FN3/c1-21(11-12-4-2-5-13(18)10-12)16-8-7-15(19)17-14(16)6-3-9-20-17/h2-10H,11,19H2,1H3. The molecule has 0 aliphatic rings. The molecule has 0 saturated heterocycles. The molecule has 21 heavy (non-hydrogen) atoms. The van der Waals surface area contributed by atoms with Crippen molar-refractivity contribution >= 4 is 22.3 Å². The number of fused-ring (bicyclic) bond motifs is 1. The summed E-state index contributed by atoms with van der Waals surface area (Å²) in [6.07, 6.45) is 1.73. The summed E-state index contributed by atoms with van der Waals surface area (Å²) in [4.78, 5) is 6.40. The Hall–Kier alpha value is -2.62. The highest BCUT2D eigenvalue weighted by molar-refractivity contribution is 5.98. The Morgan fingerprint density at radius 3 is 2.81 bits per heavy atom. The molecule has 4 heteroatoms. The largest absolute Gasteiger partial charge is 0.397 e. The molecule has 3 nitrogen and oxygen atoms in total. The highest BCUT2D eigenvalue weighted by Crippen LogP contribution is 2.29. The Morgan fingerprint density at radius 1 is 1.14 bits per heavy atom. The molecule has 2 aromatic carbocycles. The van der Waals surface area contributed by atoms with E-state index in [1.54, 1.807) is 18.3 Å². The van der Waals surface area contributed by atoms with E-state index in [1.165, 1.54) is 6.07 Å². The average Bonchev–Trinajstić information content (AvgIpc) is 2.48. The molecule has 106 valence electrons. The Labute approximate surface area is 122 Å². The van der Waals surface area contributed by atoms with Crippen molar-refractivity contribution in [3.05, 3.63) is 66.1 Å². The third kappa shape index (κ3) is 2.65. The second-order valence-electron chi connectivity index (χ2n) is 5.06. The molecule has 1 aromatic heterocycles. The van der Waals surface area contributed by atoms with Gasteiger partial charge in [-0.25, -0.2) is 4.39 Å². The molecule has 1 heterocycles. The van der Waals surface area contributed by atoms with Gasteiger partial charge in [0.2, 0.25) is 0 Å². The van der Waals surface area contributed by atoms with E-state index < -0.39 is 0 Å². The van der Waals surface area contributed by atoms with Crippen LogP contribution in [-0.4, -0.2) is 12.0 Å². The van der Waals surface area contributed by atoms with E-state index in [2.05, 4.69) is 9.88 Å². The molecule has 0 aliphatic heterocycles. The number of aromatic nitrogens is 1.